The summed E-state index contributed by atoms with van der Waals surface area (Å²) in [5, 5.41) is 1.50. The molecule has 122 valence electrons. The van der Waals surface area contributed by atoms with Crippen LogP contribution in [0.25, 0.3) is 10.2 Å². The molecule has 3 heterocycles. The van der Waals surface area contributed by atoms with Gasteiger partial charge in [-0.05, 0) is 37.3 Å². The summed E-state index contributed by atoms with van der Waals surface area (Å²) in [6.45, 7) is 2.01. The number of aromatic nitrogens is 1. The van der Waals surface area contributed by atoms with Gasteiger partial charge in [0.05, 0.1) is 24.0 Å². The number of ketones is 1. The monoisotopic (exact) mass is 365 g/mol. The van der Waals surface area contributed by atoms with Crippen LogP contribution in [-0.4, -0.2) is 23.7 Å². The molecule has 2 aromatic heterocycles. The van der Waals surface area contributed by atoms with Crippen molar-refractivity contribution in [3.63, 3.8) is 0 Å². The number of carbonyl (C=O) groups is 1. The van der Waals surface area contributed by atoms with Crippen LogP contribution in [0.3, 0.4) is 0 Å². The Balaban J connectivity index is 1.85. The molecule has 0 amide bonds. The van der Waals surface area contributed by atoms with Crippen LogP contribution in [-0.2, 0) is 0 Å². The first-order chi connectivity index (χ1) is 12.2. The second kappa shape index (κ2) is 6.32. The van der Waals surface area contributed by atoms with Crippen LogP contribution in [0, 0.1) is 11.8 Å². The molecular formula is C19H12ClN3OS. The molecule has 3 aromatic rings. The topological polar surface area (TPSA) is 45.6 Å². The molecule has 0 fully saturated rings. The highest BCUT2D eigenvalue weighted by Crippen LogP contribution is 2.40. The Morgan fingerprint density at radius 3 is 2.80 bits per heavy atom. The van der Waals surface area contributed by atoms with E-state index < -0.39 is 0 Å². The molecular weight excluding hydrogens is 354 g/mol. The van der Waals surface area contributed by atoms with Crippen molar-refractivity contribution in [1.82, 2.24) is 4.98 Å². The van der Waals surface area contributed by atoms with E-state index in [1.807, 2.05) is 23.1 Å². The van der Waals surface area contributed by atoms with Gasteiger partial charge in [0.25, 0.3) is 0 Å². The zero-order valence-electron chi connectivity index (χ0n) is 13.3. The third-order valence-electron chi connectivity index (χ3n) is 3.88. The number of thiophene rings is 1. The van der Waals surface area contributed by atoms with Gasteiger partial charge in [0, 0.05) is 22.5 Å². The van der Waals surface area contributed by atoms with Crippen molar-refractivity contribution < 1.29 is 4.79 Å². The van der Waals surface area contributed by atoms with Crippen molar-refractivity contribution in [2.45, 2.75) is 6.92 Å². The molecule has 0 aliphatic carbocycles. The van der Waals surface area contributed by atoms with Crippen LogP contribution >= 0.6 is 22.9 Å². The molecule has 0 spiro atoms. The van der Waals surface area contributed by atoms with Gasteiger partial charge in [-0.3, -0.25) is 4.79 Å². The number of fused-ring (bicyclic) bond motifs is 3. The summed E-state index contributed by atoms with van der Waals surface area (Å²) in [6.07, 6.45) is 3.40. The van der Waals surface area contributed by atoms with Gasteiger partial charge >= 0.3 is 0 Å². The van der Waals surface area contributed by atoms with Gasteiger partial charge in [-0.25, -0.2) is 9.98 Å². The van der Waals surface area contributed by atoms with E-state index in [9.17, 15) is 4.79 Å². The number of benzene rings is 1. The standard InChI is InChI=1S/C19H12ClN3OS/c1-2-3-12-8-9-21-19-16(12)17-18(25-19)15(24)10-23(11-22-17)14-6-4-13(20)5-7-14/h4-9,11H,10H2,1H3. The van der Waals surface area contributed by atoms with Crippen LogP contribution in [0.1, 0.15) is 22.2 Å². The molecule has 1 aliphatic rings. The van der Waals surface area contributed by atoms with Crippen molar-refractivity contribution in [1.29, 1.82) is 0 Å². The summed E-state index contributed by atoms with van der Waals surface area (Å²) in [7, 11) is 0. The van der Waals surface area contributed by atoms with Crippen molar-refractivity contribution >= 4 is 56.7 Å². The predicted molar refractivity (Wildman–Crippen MR) is 103 cm³/mol. The lowest BCUT2D eigenvalue weighted by atomic mass is 10.1. The lowest BCUT2D eigenvalue weighted by Crippen LogP contribution is -2.26. The molecule has 0 atom stereocenters. The van der Waals surface area contributed by atoms with Crippen LogP contribution < -0.4 is 4.90 Å². The van der Waals surface area contributed by atoms with E-state index in [4.69, 9.17) is 11.6 Å². The van der Waals surface area contributed by atoms with Crippen molar-refractivity contribution in [2.24, 2.45) is 4.99 Å². The molecule has 1 aromatic carbocycles. The van der Waals surface area contributed by atoms with E-state index in [0.29, 0.717) is 15.6 Å². The van der Waals surface area contributed by atoms with Gasteiger partial charge in [0.2, 0.25) is 0 Å². The molecule has 6 heteroatoms. The number of anilines is 1. The fraction of sp³-hybridized carbons (Fsp3) is 0.105. The van der Waals surface area contributed by atoms with E-state index in [0.717, 1.165) is 21.5 Å². The van der Waals surface area contributed by atoms with Crippen LogP contribution in [0.5, 0.6) is 0 Å². The molecule has 25 heavy (non-hydrogen) atoms. The lowest BCUT2D eigenvalue weighted by molar-refractivity contribution is 0.101. The minimum absolute atomic E-state index is 0.0147. The Morgan fingerprint density at radius 2 is 2.04 bits per heavy atom. The zero-order chi connectivity index (χ0) is 17.4. The maximum absolute atomic E-state index is 12.8. The molecule has 0 unspecified atom stereocenters. The first-order valence-corrected chi connectivity index (χ1v) is 8.80. The average molecular weight is 366 g/mol. The molecule has 0 saturated heterocycles. The van der Waals surface area contributed by atoms with E-state index in [1.54, 1.807) is 31.6 Å². The second-order valence-corrected chi connectivity index (χ2v) is 6.90. The number of hydrogen-bond acceptors (Lipinski definition) is 5. The Kier molecular flexibility index (Phi) is 4.00. The maximum atomic E-state index is 12.8. The lowest BCUT2D eigenvalue weighted by Gasteiger charge is -2.16. The maximum Gasteiger partial charge on any atom is 0.194 e. The summed E-state index contributed by atoms with van der Waals surface area (Å²) in [5.74, 6) is 6.00. The Morgan fingerprint density at radius 1 is 1.24 bits per heavy atom. The summed E-state index contributed by atoms with van der Waals surface area (Å²) in [6, 6.07) is 9.19. The number of rotatable bonds is 1. The quantitative estimate of drug-likeness (QED) is 0.588. The number of nitrogens with zero attached hydrogens (tertiary/aromatic N) is 3. The van der Waals surface area contributed by atoms with Crippen molar-refractivity contribution in [3.8, 4) is 11.8 Å². The van der Waals surface area contributed by atoms with Gasteiger partial charge in [-0.15, -0.1) is 17.3 Å². The molecule has 0 bridgehead atoms. The molecule has 0 radical (unpaired) electrons. The third-order valence-corrected chi connectivity index (χ3v) is 5.26. The fourth-order valence-corrected chi connectivity index (χ4v) is 3.92. The molecule has 0 N–H and O–H groups in total. The zero-order valence-corrected chi connectivity index (χ0v) is 14.9. The van der Waals surface area contributed by atoms with Gasteiger partial charge < -0.3 is 4.90 Å². The minimum Gasteiger partial charge on any atom is -0.325 e. The minimum atomic E-state index is 0.0147. The summed E-state index contributed by atoms with van der Waals surface area (Å²) < 4.78 is 0. The van der Waals surface area contributed by atoms with Crippen molar-refractivity contribution in [3.05, 3.63) is 52.0 Å². The van der Waals surface area contributed by atoms with Crippen LogP contribution in [0.2, 0.25) is 5.02 Å². The number of pyridine rings is 1. The summed E-state index contributed by atoms with van der Waals surface area (Å²) in [4.78, 5) is 25.0. The van der Waals surface area contributed by atoms with Gasteiger partial charge in [-0.2, -0.15) is 0 Å². The third kappa shape index (κ3) is 2.80. The highest BCUT2D eigenvalue weighted by Gasteiger charge is 2.25. The number of carbonyl (C=O) groups excluding carboxylic acids is 1. The van der Waals surface area contributed by atoms with Crippen LogP contribution in [0.4, 0.5) is 11.4 Å². The van der Waals surface area contributed by atoms with Gasteiger partial charge in [0.1, 0.15) is 9.71 Å². The largest absolute Gasteiger partial charge is 0.325 e. The Bertz CT molecular complexity index is 1070. The molecule has 0 saturated carbocycles. The van der Waals surface area contributed by atoms with Crippen LogP contribution in [0.15, 0.2) is 41.5 Å². The number of hydrogen-bond donors (Lipinski definition) is 0. The summed E-state index contributed by atoms with van der Waals surface area (Å²) >= 11 is 7.31. The highest BCUT2D eigenvalue weighted by atomic mass is 35.5. The van der Waals surface area contributed by atoms with E-state index in [-0.39, 0.29) is 12.3 Å². The predicted octanol–water partition coefficient (Wildman–Crippen LogP) is 4.68. The fourth-order valence-electron chi connectivity index (χ4n) is 2.74. The van der Waals surface area contributed by atoms with E-state index in [1.165, 1.54) is 11.3 Å². The first-order valence-electron chi connectivity index (χ1n) is 7.61. The Hall–Kier alpha value is -2.68. The smallest absolute Gasteiger partial charge is 0.194 e. The number of Topliss-reactive ketones (excluding diaryl/α,β-unsaturated/α-hetero) is 1. The molecule has 4 rings (SSSR count). The normalized spacial score (nSPS) is 13.4. The SMILES string of the molecule is CC#Cc1ccnc2sc3c(c12)N=CN(c1ccc(Cl)cc1)CC3=O. The van der Waals surface area contributed by atoms with E-state index in [2.05, 4.69) is 21.8 Å². The number of halogens is 1. The molecule has 1 aliphatic heterocycles. The van der Waals surface area contributed by atoms with Gasteiger partial charge in [-0.1, -0.05) is 17.5 Å². The average Bonchev–Trinajstić information content (AvgIpc) is 2.91. The number of aliphatic imine (C=N–C) groups is 1. The van der Waals surface area contributed by atoms with Gasteiger partial charge in [0.15, 0.2) is 5.78 Å². The Labute approximate surface area is 153 Å². The first kappa shape index (κ1) is 15.8. The molecule has 4 nitrogen and oxygen atoms in total. The van der Waals surface area contributed by atoms with Crippen molar-refractivity contribution in [2.75, 3.05) is 11.4 Å². The highest BCUT2D eigenvalue weighted by molar-refractivity contribution is 7.21. The second-order valence-electron chi connectivity index (χ2n) is 5.47. The summed E-state index contributed by atoms with van der Waals surface area (Å²) in [5.41, 5.74) is 2.37. The van der Waals surface area contributed by atoms with E-state index >= 15 is 0 Å².